The van der Waals surface area contributed by atoms with E-state index in [0.29, 0.717) is 17.2 Å². The van der Waals surface area contributed by atoms with E-state index in [2.05, 4.69) is 26.0 Å². The zero-order valence-corrected chi connectivity index (χ0v) is 20.7. The van der Waals surface area contributed by atoms with Gasteiger partial charge in [-0.1, -0.05) is 18.2 Å². The molecule has 1 fully saturated rings. The van der Waals surface area contributed by atoms with Crippen LogP contribution in [0.5, 0.6) is 11.6 Å². The molecular formula is C27H25FN6O4. The Balaban J connectivity index is 1.23. The van der Waals surface area contributed by atoms with Crippen LogP contribution in [0.25, 0.3) is 5.65 Å². The molecule has 1 aliphatic carbocycles. The highest BCUT2D eigenvalue weighted by atomic mass is 19.1. The van der Waals surface area contributed by atoms with E-state index < -0.39 is 23.0 Å². The Bertz CT molecular complexity index is 1530. The van der Waals surface area contributed by atoms with Crippen molar-refractivity contribution in [2.45, 2.75) is 26.7 Å². The SMILES string of the molecule is CC(C)(C(=O)Nc1ccccc1)C(=O)Nc1ccc(Oc2ccc3nc(NC(=O)C4CC4)cn3n2)c(F)c1. The Morgan fingerprint density at radius 2 is 1.66 bits per heavy atom. The van der Waals surface area contributed by atoms with Crippen molar-refractivity contribution in [2.24, 2.45) is 11.3 Å². The summed E-state index contributed by atoms with van der Waals surface area (Å²) in [5, 5.41) is 12.3. The summed E-state index contributed by atoms with van der Waals surface area (Å²) in [7, 11) is 0. The van der Waals surface area contributed by atoms with Crippen molar-refractivity contribution in [1.29, 1.82) is 0 Å². The maximum Gasteiger partial charge on any atom is 0.239 e. The second-order valence-corrected chi connectivity index (χ2v) is 9.51. The van der Waals surface area contributed by atoms with Crippen molar-refractivity contribution in [3.05, 3.63) is 72.7 Å². The van der Waals surface area contributed by atoms with E-state index >= 15 is 0 Å². The zero-order chi connectivity index (χ0) is 26.9. The van der Waals surface area contributed by atoms with Crippen LogP contribution in [-0.2, 0) is 14.4 Å². The summed E-state index contributed by atoms with van der Waals surface area (Å²) in [4.78, 5) is 41.7. The quantitative estimate of drug-likeness (QED) is 0.294. The molecule has 0 bridgehead atoms. The molecule has 4 aromatic rings. The maximum absolute atomic E-state index is 14.8. The summed E-state index contributed by atoms with van der Waals surface area (Å²) in [6.07, 6.45) is 3.31. The van der Waals surface area contributed by atoms with E-state index in [4.69, 9.17) is 4.74 Å². The lowest BCUT2D eigenvalue weighted by Crippen LogP contribution is -2.41. The average molecular weight is 517 g/mol. The third-order valence-electron chi connectivity index (χ3n) is 6.07. The second-order valence-electron chi connectivity index (χ2n) is 9.51. The number of hydrogen-bond acceptors (Lipinski definition) is 6. The number of hydrogen-bond donors (Lipinski definition) is 3. The minimum absolute atomic E-state index is 0.0416. The Labute approximate surface area is 217 Å². The lowest BCUT2D eigenvalue weighted by molar-refractivity contribution is -0.135. The molecule has 10 nitrogen and oxygen atoms in total. The normalized spacial score (nSPS) is 13.1. The number of benzene rings is 2. The molecule has 0 unspecified atom stereocenters. The van der Waals surface area contributed by atoms with E-state index in [1.165, 1.54) is 36.6 Å². The smallest absolute Gasteiger partial charge is 0.239 e. The average Bonchev–Trinajstić information content (AvgIpc) is 3.67. The number of halogens is 1. The largest absolute Gasteiger partial charge is 0.434 e. The molecule has 3 N–H and O–H groups in total. The highest BCUT2D eigenvalue weighted by Gasteiger charge is 2.36. The van der Waals surface area contributed by atoms with Crippen LogP contribution in [0.4, 0.5) is 21.6 Å². The van der Waals surface area contributed by atoms with Crippen LogP contribution < -0.4 is 20.7 Å². The Morgan fingerprint density at radius 3 is 2.34 bits per heavy atom. The first kappa shape index (κ1) is 24.9. The highest BCUT2D eigenvalue weighted by molar-refractivity contribution is 6.14. The second kappa shape index (κ2) is 9.92. The molecule has 2 aromatic heterocycles. The summed E-state index contributed by atoms with van der Waals surface area (Å²) < 4.78 is 21.8. The van der Waals surface area contributed by atoms with Gasteiger partial charge in [-0.25, -0.2) is 13.9 Å². The molecule has 0 radical (unpaired) electrons. The molecule has 2 aromatic carbocycles. The van der Waals surface area contributed by atoms with E-state index in [0.717, 1.165) is 18.9 Å². The van der Waals surface area contributed by atoms with Crippen molar-refractivity contribution >= 4 is 40.6 Å². The molecule has 2 heterocycles. The van der Waals surface area contributed by atoms with Gasteiger partial charge in [-0.15, -0.1) is 5.10 Å². The van der Waals surface area contributed by atoms with Gasteiger partial charge in [-0.3, -0.25) is 14.4 Å². The fourth-order valence-corrected chi connectivity index (χ4v) is 3.53. The van der Waals surface area contributed by atoms with Gasteiger partial charge in [0, 0.05) is 29.4 Å². The van der Waals surface area contributed by atoms with Gasteiger partial charge < -0.3 is 20.7 Å². The van der Waals surface area contributed by atoms with E-state index in [1.54, 1.807) is 36.5 Å². The van der Waals surface area contributed by atoms with Crippen molar-refractivity contribution in [2.75, 3.05) is 16.0 Å². The lowest BCUT2D eigenvalue weighted by Gasteiger charge is -2.23. The van der Waals surface area contributed by atoms with Gasteiger partial charge >= 0.3 is 0 Å². The Morgan fingerprint density at radius 1 is 0.947 bits per heavy atom. The molecular weight excluding hydrogens is 491 g/mol. The van der Waals surface area contributed by atoms with Gasteiger partial charge in [-0.2, -0.15) is 0 Å². The number of imidazole rings is 1. The summed E-state index contributed by atoms with van der Waals surface area (Å²) in [6, 6.07) is 15.8. The highest BCUT2D eigenvalue weighted by Crippen LogP contribution is 2.30. The number of fused-ring (bicyclic) bond motifs is 1. The fraction of sp³-hybridized carbons (Fsp3) is 0.222. The number of carbonyl (C=O) groups excluding carboxylic acids is 3. The number of amides is 3. The molecule has 11 heteroatoms. The third kappa shape index (κ3) is 5.46. The van der Waals surface area contributed by atoms with Crippen molar-refractivity contribution in [3.8, 4) is 11.6 Å². The number of rotatable bonds is 8. The van der Waals surface area contributed by atoms with Crippen LogP contribution >= 0.6 is 0 Å². The molecule has 1 aliphatic rings. The van der Waals surface area contributed by atoms with Crippen molar-refractivity contribution < 1.29 is 23.5 Å². The van der Waals surface area contributed by atoms with Gasteiger partial charge in [0.2, 0.25) is 23.6 Å². The van der Waals surface area contributed by atoms with Crippen LogP contribution in [0, 0.1) is 17.2 Å². The van der Waals surface area contributed by atoms with Crippen LogP contribution in [0.15, 0.2) is 66.9 Å². The summed E-state index contributed by atoms with van der Waals surface area (Å²) >= 11 is 0. The lowest BCUT2D eigenvalue weighted by atomic mass is 9.90. The molecule has 0 atom stereocenters. The minimum Gasteiger partial charge on any atom is -0.434 e. The van der Waals surface area contributed by atoms with Gasteiger partial charge in [-0.05, 0) is 57.0 Å². The maximum atomic E-state index is 14.8. The molecule has 0 saturated heterocycles. The van der Waals surface area contributed by atoms with E-state index in [-0.39, 0.29) is 29.1 Å². The van der Waals surface area contributed by atoms with E-state index in [9.17, 15) is 18.8 Å². The first-order valence-electron chi connectivity index (χ1n) is 12.0. The Kier molecular flexibility index (Phi) is 6.50. The molecule has 194 valence electrons. The molecule has 0 spiro atoms. The van der Waals surface area contributed by atoms with Gasteiger partial charge in [0.25, 0.3) is 0 Å². The molecule has 38 heavy (non-hydrogen) atoms. The standard InChI is InChI=1S/C27H25FN6O4/c1-27(2,25(36)29-17-6-4-3-5-7-17)26(37)30-18-10-11-20(19(28)14-18)38-23-13-12-22-31-21(15-34(22)33-23)32-24(35)16-8-9-16/h3-7,10-16H,8-9H2,1-2H3,(H,29,36)(H,30,37)(H,32,35). The van der Waals surface area contributed by atoms with Gasteiger partial charge in [0.15, 0.2) is 23.0 Å². The number of para-hydroxylation sites is 1. The summed E-state index contributed by atoms with van der Waals surface area (Å²) in [5.41, 5.74) is -0.217. The number of nitrogens with one attached hydrogen (secondary N) is 3. The van der Waals surface area contributed by atoms with Crippen LogP contribution in [0.3, 0.4) is 0 Å². The van der Waals surface area contributed by atoms with Gasteiger partial charge in [0.05, 0.1) is 6.20 Å². The third-order valence-corrected chi connectivity index (χ3v) is 6.07. The van der Waals surface area contributed by atoms with Crippen LogP contribution in [-0.4, -0.2) is 32.3 Å². The first-order valence-corrected chi connectivity index (χ1v) is 12.0. The number of anilines is 3. The minimum atomic E-state index is -1.43. The van der Waals surface area contributed by atoms with Gasteiger partial charge in [0.1, 0.15) is 5.41 Å². The number of ether oxygens (including phenoxy) is 1. The van der Waals surface area contributed by atoms with E-state index in [1.807, 2.05) is 6.07 Å². The molecule has 1 saturated carbocycles. The van der Waals surface area contributed by atoms with Crippen molar-refractivity contribution in [1.82, 2.24) is 14.6 Å². The van der Waals surface area contributed by atoms with Crippen LogP contribution in [0.2, 0.25) is 0 Å². The number of aromatic nitrogens is 3. The summed E-state index contributed by atoms with van der Waals surface area (Å²) in [5.74, 6) is -1.51. The molecule has 0 aliphatic heterocycles. The predicted octanol–water partition coefficient (Wildman–Crippen LogP) is 4.61. The number of nitrogens with zero attached hydrogens (tertiary/aromatic N) is 3. The van der Waals surface area contributed by atoms with Crippen LogP contribution in [0.1, 0.15) is 26.7 Å². The topological polar surface area (TPSA) is 127 Å². The Hall–Kier alpha value is -4.80. The number of carbonyl (C=O) groups is 3. The fourth-order valence-electron chi connectivity index (χ4n) is 3.53. The van der Waals surface area contributed by atoms with Crippen molar-refractivity contribution in [3.63, 3.8) is 0 Å². The summed E-state index contributed by atoms with van der Waals surface area (Å²) in [6.45, 7) is 2.96. The first-order chi connectivity index (χ1) is 18.2. The predicted molar refractivity (Wildman–Crippen MR) is 138 cm³/mol. The molecule has 3 amide bonds. The molecule has 5 rings (SSSR count). The monoisotopic (exact) mass is 516 g/mol. The zero-order valence-electron chi connectivity index (χ0n) is 20.7.